The van der Waals surface area contributed by atoms with Crippen molar-refractivity contribution in [2.75, 3.05) is 13.1 Å². The maximum absolute atomic E-state index is 13.7. The first-order valence-corrected chi connectivity index (χ1v) is 13.2. The van der Waals surface area contributed by atoms with E-state index in [4.69, 9.17) is 0 Å². The van der Waals surface area contributed by atoms with Crippen molar-refractivity contribution in [3.8, 4) is 0 Å². The number of nitrogens with zero attached hydrogens (tertiary/aromatic N) is 1. The van der Waals surface area contributed by atoms with Gasteiger partial charge in [0.25, 0.3) is 5.60 Å². The Labute approximate surface area is 214 Å². The Balaban J connectivity index is 1.75. The summed E-state index contributed by atoms with van der Waals surface area (Å²) < 4.78 is 119. The second-order valence-electron chi connectivity index (χ2n) is 10.0. The average molecular weight is 568 g/mol. The van der Waals surface area contributed by atoms with Gasteiger partial charge in [-0.15, -0.1) is 0 Å². The molecule has 1 unspecified atom stereocenters. The zero-order valence-corrected chi connectivity index (χ0v) is 20.8. The number of carbonyl (C=O) groups excluding carboxylic acids is 1. The van der Waals surface area contributed by atoms with Gasteiger partial charge in [-0.1, -0.05) is 31.2 Å². The van der Waals surface area contributed by atoms with Crippen molar-refractivity contribution in [2.45, 2.75) is 53.8 Å². The van der Waals surface area contributed by atoms with Gasteiger partial charge in [0, 0.05) is 24.6 Å². The van der Waals surface area contributed by atoms with E-state index >= 15 is 0 Å². The molecule has 2 aromatic rings. The first-order valence-electron chi connectivity index (χ1n) is 11.7. The molecule has 1 N–H and O–H groups in total. The van der Waals surface area contributed by atoms with Crippen LogP contribution < -0.4 is 0 Å². The van der Waals surface area contributed by atoms with Gasteiger partial charge in [-0.2, -0.15) is 26.3 Å². The molecule has 1 saturated heterocycles. The number of benzene rings is 2. The van der Waals surface area contributed by atoms with Crippen LogP contribution in [0.25, 0.3) is 0 Å². The monoisotopic (exact) mass is 567 g/mol. The highest BCUT2D eigenvalue weighted by Gasteiger charge is 2.71. The van der Waals surface area contributed by atoms with E-state index in [-0.39, 0.29) is 35.1 Å². The van der Waals surface area contributed by atoms with E-state index in [0.717, 1.165) is 42.8 Å². The summed E-state index contributed by atoms with van der Waals surface area (Å²) >= 11 is 0. The van der Waals surface area contributed by atoms with Gasteiger partial charge < -0.3 is 10.0 Å². The molecular weight excluding hydrogens is 543 g/mol. The third-order valence-corrected chi connectivity index (χ3v) is 10.0. The Bertz CT molecular complexity index is 1290. The third-order valence-electron chi connectivity index (χ3n) is 7.52. The molecular formula is C25H24F7NO4S. The van der Waals surface area contributed by atoms with Crippen LogP contribution in [0.1, 0.15) is 37.3 Å². The first kappa shape index (κ1) is 28.3. The fourth-order valence-electron chi connectivity index (χ4n) is 5.26. The molecule has 208 valence electrons. The van der Waals surface area contributed by atoms with E-state index in [1.807, 2.05) is 6.92 Å². The van der Waals surface area contributed by atoms with Crippen LogP contribution in [0.15, 0.2) is 53.4 Å². The SMILES string of the molecule is CC1CCN(C(=O)[C@H]2C[C@@](c3ccc(C(O)(C(F)(F)F)C(F)(F)F)cc3)(S(=O)(=O)c3ccc(F)cc3)C2)C1. The van der Waals surface area contributed by atoms with Gasteiger partial charge in [0.1, 0.15) is 10.6 Å². The number of carbonyl (C=O) groups is 1. The quantitative estimate of drug-likeness (QED) is 0.404. The van der Waals surface area contributed by atoms with E-state index in [9.17, 15) is 49.1 Å². The molecule has 0 bridgehead atoms. The summed E-state index contributed by atoms with van der Waals surface area (Å²) in [6.45, 7) is 2.95. The number of alkyl halides is 6. The van der Waals surface area contributed by atoms with Crippen LogP contribution in [0.2, 0.25) is 0 Å². The van der Waals surface area contributed by atoms with Gasteiger partial charge in [0.2, 0.25) is 5.91 Å². The molecule has 38 heavy (non-hydrogen) atoms. The van der Waals surface area contributed by atoms with Crippen LogP contribution in [0.4, 0.5) is 30.7 Å². The molecule has 1 heterocycles. The molecule has 1 aliphatic carbocycles. The number of amides is 1. The third kappa shape index (κ3) is 4.37. The Morgan fingerprint density at radius 3 is 1.92 bits per heavy atom. The molecule has 1 amide bonds. The average Bonchev–Trinajstić information content (AvgIpc) is 3.23. The summed E-state index contributed by atoms with van der Waals surface area (Å²) in [4.78, 5) is 14.3. The number of halogens is 7. The van der Waals surface area contributed by atoms with Crippen molar-refractivity contribution in [2.24, 2.45) is 11.8 Å². The second-order valence-corrected chi connectivity index (χ2v) is 12.3. The van der Waals surface area contributed by atoms with Gasteiger partial charge in [0.15, 0.2) is 9.84 Å². The molecule has 13 heteroatoms. The van der Waals surface area contributed by atoms with Crippen LogP contribution in [0, 0.1) is 17.7 Å². The number of rotatable bonds is 5. The number of aliphatic hydroxyl groups is 1. The molecule has 1 saturated carbocycles. The summed E-state index contributed by atoms with van der Waals surface area (Å²) in [6.07, 6.45) is -12.0. The molecule has 2 fully saturated rings. The van der Waals surface area contributed by atoms with E-state index in [0.29, 0.717) is 25.2 Å². The molecule has 4 rings (SSSR count). The minimum absolute atomic E-state index is 0.142. The van der Waals surface area contributed by atoms with Gasteiger partial charge in [-0.3, -0.25) is 4.79 Å². The lowest BCUT2D eigenvalue weighted by Gasteiger charge is -2.47. The molecule has 1 atom stereocenters. The van der Waals surface area contributed by atoms with Crippen molar-refractivity contribution in [1.82, 2.24) is 4.90 Å². The largest absolute Gasteiger partial charge is 0.430 e. The maximum Gasteiger partial charge on any atom is 0.430 e. The normalized spacial score (nSPS) is 24.8. The van der Waals surface area contributed by atoms with Crippen LogP contribution in [0.5, 0.6) is 0 Å². The zero-order chi connectivity index (χ0) is 28.3. The predicted octanol–water partition coefficient (Wildman–Crippen LogP) is 5.09. The molecule has 0 spiro atoms. The minimum atomic E-state index is -6.11. The van der Waals surface area contributed by atoms with Gasteiger partial charge in [-0.25, -0.2) is 12.8 Å². The second kappa shape index (κ2) is 9.22. The summed E-state index contributed by atoms with van der Waals surface area (Å²) in [6, 6.07) is 6.17. The number of hydrogen-bond acceptors (Lipinski definition) is 4. The lowest BCUT2D eigenvalue weighted by atomic mass is 9.69. The van der Waals surface area contributed by atoms with E-state index < -0.39 is 49.8 Å². The maximum atomic E-state index is 13.7. The van der Waals surface area contributed by atoms with Crippen molar-refractivity contribution in [1.29, 1.82) is 0 Å². The molecule has 5 nitrogen and oxygen atoms in total. The van der Waals surface area contributed by atoms with Gasteiger partial charge >= 0.3 is 12.4 Å². The molecule has 2 aromatic carbocycles. The topological polar surface area (TPSA) is 74.7 Å². The summed E-state index contributed by atoms with van der Waals surface area (Å²) in [5.41, 5.74) is -6.85. The van der Waals surface area contributed by atoms with Crippen molar-refractivity contribution >= 4 is 15.7 Å². The van der Waals surface area contributed by atoms with Crippen LogP contribution in [-0.2, 0) is 25.0 Å². The summed E-state index contributed by atoms with van der Waals surface area (Å²) in [5.74, 6) is -1.47. The smallest absolute Gasteiger partial charge is 0.369 e. The molecule has 0 radical (unpaired) electrons. The van der Waals surface area contributed by atoms with Crippen molar-refractivity contribution in [3.05, 3.63) is 65.5 Å². The standard InChI is InChI=1S/C25H24F7NO4S/c1-15-10-11-33(14-15)21(34)16-12-22(13-16,38(36,37)20-8-6-19(26)7-9-20)17-2-4-18(5-3-17)23(35,24(27,28)29)25(30,31)32/h2-9,15-16,35H,10-14H2,1H3/t15?,16-,22+. The molecule has 0 aromatic heterocycles. The van der Waals surface area contributed by atoms with Crippen LogP contribution >= 0.6 is 0 Å². The van der Waals surface area contributed by atoms with Crippen LogP contribution in [-0.4, -0.2) is 49.8 Å². The highest BCUT2D eigenvalue weighted by Crippen LogP contribution is 2.56. The van der Waals surface area contributed by atoms with Crippen LogP contribution in [0.3, 0.4) is 0 Å². The van der Waals surface area contributed by atoms with E-state index in [1.165, 1.54) is 0 Å². The van der Waals surface area contributed by atoms with Gasteiger partial charge in [-0.05, 0) is 55.0 Å². The number of sulfone groups is 1. The highest BCUT2D eigenvalue weighted by molar-refractivity contribution is 7.92. The lowest BCUT2D eigenvalue weighted by Crippen LogP contribution is -2.54. The Hall–Kier alpha value is -2.67. The molecule has 1 aliphatic heterocycles. The van der Waals surface area contributed by atoms with E-state index in [2.05, 4.69) is 0 Å². The zero-order valence-electron chi connectivity index (χ0n) is 20.0. The first-order chi connectivity index (χ1) is 17.4. The minimum Gasteiger partial charge on any atom is -0.369 e. The fourth-order valence-corrected chi connectivity index (χ4v) is 7.49. The Morgan fingerprint density at radius 1 is 0.947 bits per heavy atom. The number of likely N-dealkylation sites (tertiary alicyclic amines) is 1. The lowest BCUT2D eigenvalue weighted by molar-refractivity contribution is -0.376. The fraction of sp³-hybridized carbons (Fsp3) is 0.480. The van der Waals surface area contributed by atoms with Gasteiger partial charge in [0.05, 0.1) is 4.90 Å². The van der Waals surface area contributed by atoms with Crippen molar-refractivity contribution < 1.29 is 49.1 Å². The summed E-state index contributed by atoms with van der Waals surface area (Å²) in [7, 11) is -4.38. The Morgan fingerprint density at radius 2 is 1.47 bits per heavy atom. The highest BCUT2D eigenvalue weighted by atomic mass is 32.2. The van der Waals surface area contributed by atoms with Crippen molar-refractivity contribution in [3.63, 3.8) is 0 Å². The van der Waals surface area contributed by atoms with E-state index in [1.54, 1.807) is 4.90 Å². The summed E-state index contributed by atoms with van der Waals surface area (Å²) in [5, 5.41) is 9.69. The molecule has 2 aliphatic rings. The number of hydrogen-bond donors (Lipinski definition) is 1. The Kier molecular flexibility index (Phi) is 6.87. The predicted molar refractivity (Wildman–Crippen MR) is 121 cm³/mol.